The summed E-state index contributed by atoms with van der Waals surface area (Å²) >= 11 is 0. The van der Waals surface area contributed by atoms with E-state index in [9.17, 15) is 0 Å². The quantitative estimate of drug-likeness (QED) is 0.831. The van der Waals surface area contributed by atoms with Crippen LogP contribution in [0.2, 0.25) is 0 Å². The van der Waals surface area contributed by atoms with Crippen molar-refractivity contribution in [3.63, 3.8) is 0 Å². The summed E-state index contributed by atoms with van der Waals surface area (Å²) in [5.41, 5.74) is 0.946. The molecule has 2 fully saturated rings. The molecule has 0 aliphatic carbocycles. The number of hydrogen-bond acceptors (Lipinski definition) is 7. The highest BCUT2D eigenvalue weighted by Crippen LogP contribution is 2.23. The molecule has 0 spiro atoms. The summed E-state index contributed by atoms with van der Waals surface area (Å²) in [6, 6.07) is 10.3. The smallest absolute Gasteiger partial charge is 0.247 e. The van der Waals surface area contributed by atoms with Gasteiger partial charge in [0.1, 0.15) is 0 Å². The summed E-state index contributed by atoms with van der Waals surface area (Å²) < 4.78 is 12.9. The van der Waals surface area contributed by atoms with Crippen molar-refractivity contribution >= 4 is 5.95 Å². The van der Waals surface area contributed by atoms with Gasteiger partial charge in [0, 0.05) is 38.2 Å². The Balaban J connectivity index is 1.47. The number of rotatable bonds is 6. The van der Waals surface area contributed by atoms with E-state index < -0.39 is 0 Å². The minimum Gasteiger partial charge on any atom is -0.381 e. The summed E-state index contributed by atoms with van der Waals surface area (Å²) in [6.45, 7) is 6.00. The number of nitrogens with one attached hydrogen (secondary N) is 1. The molecule has 0 amide bonds. The van der Waals surface area contributed by atoms with E-state index >= 15 is 0 Å². The number of tetrazole rings is 1. The van der Waals surface area contributed by atoms with Crippen LogP contribution in [0.5, 0.6) is 0 Å². The molecule has 4 rings (SSSR count). The summed E-state index contributed by atoms with van der Waals surface area (Å²) in [6.07, 6.45) is 1.10. The van der Waals surface area contributed by atoms with Gasteiger partial charge in [-0.1, -0.05) is 23.3 Å². The molecule has 2 aliphatic rings. The average Bonchev–Trinajstić information content (AvgIpc) is 3.36. The number of nitrogens with zero attached hydrogens (tertiary/aromatic N) is 5. The predicted octanol–water partition coefficient (Wildman–Crippen LogP) is 0.812. The number of ether oxygens (including phenoxy) is 2. The lowest BCUT2D eigenvalue weighted by molar-refractivity contribution is 0.00457. The fourth-order valence-electron chi connectivity index (χ4n) is 3.60. The Morgan fingerprint density at radius 2 is 1.96 bits per heavy atom. The zero-order valence-electron chi connectivity index (χ0n) is 14.3. The highest BCUT2D eigenvalue weighted by Gasteiger charge is 2.31. The van der Waals surface area contributed by atoms with Gasteiger partial charge >= 0.3 is 0 Å². The van der Waals surface area contributed by atoms with E-state index in [1.807, 2.05) is 30.3 Å². The molecule has 3 heterocycles. The van der Waals surface area contributed by atoms with Gasteiger partial charge in [-0.05, 0) is 29.0 Å². The van der Waals surface area contributed by atoms with Crippen molar-refractivity contribution in [2.24, 2.45) is 5.92 Å². The van der Waals surface area contributed by atoms with E-state index in [0.29, 0.717) is 17.9 Å². The molecule has 8 nitrogen and oxygen atoms in total. The molecule has 1 aromatic heterocycles. The van der Waals surface area contributed by atoms with Crippen molar-refractivity contribution in [3.05, 3.63) is 30.3 Å². The lowest BCUT2D eigenvalue weighted by Gasteiger charge is -2.37. The van der Waals surface area contributed by atoms with Crippen molar-refractivity contribution in [2.45, 2.75) is 12.5 Å². The molecular formula is C17H24N6O2. The van der Waals surface area contributed by atoms with Gasteiger partial charge in [-0.15, -0.1) is 0 Å². The highest BCUT2D eigenvalue weighted by atomic mass is 16.5. The molecule has 8 heteroatoms. The zero-order chi connectivity index (χ0) is 16.9. The fourth-order valence-corrected chi connectivity index (χ4v) is 3.60. The Labute approximate surface area is 147 Å². The summed E-state index contributed by atoms with van der Waals surface area (Å²) in [4.78, 5) is 2.51. The van der Waals surface area contributed by atoms with Crippen molar-refractivity contribution in [3.8, 4) is 5.69 Å². The summed E-state index contributed by atoms with van der Waals surface area (Å²) in [5.74, 6) is 1.20. The van der Waals surface area contributed by atoms with Crippen LogP contribution in [0.4, 0.5) is 5.95 Å². The van der Waals surface area contributed by atoms with Crippen LogP contribution in [-0.2, 0) is 9.47 Å². The Bertz CT molecular complexity index is 652. The van der Waals surface area contributed by atoms with E-state index in [-0.39, 0.29) is 0 Å². The first-order valence-electron chi connectivity index (χ1n) is 8.89. The predicted molar refractivity (Wildman–Crippen MR) is 92.7 cm³/mol. The molecule has 1 N–H and O–H groups in total. The molecular weight excluding hydrogens is 320 g/mol. The minimum atomic E-state index is 0.396. The topological polar surface area (TPSA) is 77.3 Å². The van der Waals surface area contributed by atoms with Gasteiger partial charge in [-0.3, -0.25) is 4.90 Å². The summed E-state index contributed by atoms with van der Waals surface area (Å²) in [7, 11) is 0. The van der Waals surface area contributed by atoms with E-state index in [1.165, 1.54) is 0 Å². The van der Waals surface area contributed by atoms with Gasteiger partial charge in [0.2, 0.25) is 5.95 Å². The van der Waals surface area contributed by atoms with Crippen LogP contribution >= 0.6 is 0 Å². The lowest BCUT2D eigenvalue weighted by Crippen LogP contribution is -2.50. The number of anilines is 1. The largest absolute Gasteiger partial charge is 0.381 e. The Kier molecular flexibility index (Phi) is 5.19. The normalized spacial score (nSPS) is 22.8. The molecule has 2 saturated heterocycles. The number of morpholine rings is 1. The van der Waals surface area contributed by atoms with Crippen molar-refractivity contribution < 1.29 is 9.47 Å². The van der Waals surface area contributed by atoms with Crippen LogP contribution in [-0.4, -0.2) is 77.2 Å². The molecule has 25 heavy (non-hydrogen) atoms. The maximum Gasteiger partial charge on any atom is 0.247 e. The van der Waals surface area contributed by atoms with Gasteiger partial charge in [-0.2, -0.15) is 4.68 Å². The Morgan fingerprint density at radius 3 is 2.72 bits per heavy atom. The van der Waals surface area contributed by atoms with E-state index in [0.717, 1.165) is 58.2 Å². The standard InChI is InChI=1S/C17H24N6O2/c1-2-4-15(5-3-1)23-17(19-20-21-23)18-12-16(14-6-9-25-13-14)22-7-10-24-11-8-22/h1-5,14,16H,6-13H2,(H,18,19,21)/t14-,16-/m1/s1. The minimum absolute atomic E-state index is 0.396. The van der Waals surface area contributed by atoms with Crippen molar-refractivity contribution in [1.82, 2.24) is 25.1 Å². The van der Waals surface area contributed by atoms with E-state index in [2.05, 4.69) is 25.7 Å². The third kappa shape index (κ3) is 3.81. The van der Waals surface area contributed by atoms with E-state index in [4.69, 9.17) is 9.47 Å². The molecule has 134 valence electrons. The third-order valence-corrected chi connectivity index (χ3v) is 4.96. The second-order valence-corrected chi connectivity index (χ2v) is 6.47. The molecule has 0 radical (unpaired) electrons. The van der Waals surface area contributed by atoms with Crippen LogP contribution < -0.4 is 5.32 Å². The highest BCUT2D eigenvalue weighted by molar-refractivity contribution is 5.38. The molecule has 2 aromatic rings. The second kappa shape index (κ2) is 7.90. The lowest BCUT2D eigenvalue weighted by atomic mass is 9.97. The Hall–Kier alpha value is -2.03. The van der Waals surface area contributed by atoms with Crippen molar-refractivity contribution in [1.29, 1.82) is 0 Å². The number of aromatic nitrogens is 4. The van der Waals surface area contributed by atoms with Crippen molar-refractivity contribution in [2.75, 3.05) is 51.4 Å². The average molecular weight is 344 g/mol. The monoisotopic (exact) mass is 344 g/mol. The number of para-hydroxylation sites is 1. The zero-order valence-corrected chi connectivity index (χ0v) is 14.3. The summed E-state index contributed by atoms with van der Waals surface area (Å²) in [5, 5.41) is 15.5. The first kappa shape index (κ1) is 16.4. The van der Waals surface area contributed by atoms with Gasteiger partial charge < -0.3 is 14.8 Å². The van der Waals surface area contributed by atoms with Gasteiger partial charge in [0.15, 0.2) is 0 Å². The molecule has 0 bridgehead atoms. The van der Waals surface area contributed by atoms with Crippen LogP contribution in [0.25, 0.3) is 5.69 Å². The van der Waals surface area contributed by atoms with Crippen LogP contribution in [0.15, 0.2) is 30.3 Å². The SMILES string of the molecule is c1ccc(-n2nnnc2NC[C@H]([C@@H]2CCOC2)N2CCOCC2)cc1. The first-order chi connectivity index (χ1) is 12.4. The maximum absolute atomic E-state index is 5.63. The van der Waals surface area contributed by atoms with Crippen LogP contribution in [0, 0.1) is 5.92 Å². The maximum atomic E-state index is 5.63. The molecule has 2 atom stereocenters. The molecule has 0 saturated carbocycles. The molecule has 2 aliphatic heterocycles. The van der Waals surface area contributed by atoms with Crippen LogP contribution in [0.3, 0.4) is 0 Å². The Morgan fingerprint density at radius 1 is 1.12 bits per heavy atom. The molecule has 0 unspecified atom stereocenters. The second-order valence-electron chi connectivity index (χ2n) is 6.47. The van der Waals surface area contributed by atoms with E-state index in [1.54, 1.807) is 4.68 Å². The number of hydrogen-bond donors (Lipinski definition) is 1. The third-order valence-electron chi connectivity index (χ3n) is 4.96. The fraction of sp³-hybridized carbons (Fsp3) is 0.588. The number of benzene rings is 1. The first-order valence-corrected chi connectivity index (χ1v) is 8.89. The van der Waals surface area contributed by atoms with Gasteiger partial charge in [-0.25, -0.2) is 0 Å². The molecule has 1 aromatic carbocycles. The van der Waals surface area contributed by atoms with Gasteiger partial charge in [0.05, 0.1) is 25.5 Å². The van der Waals surface area contributed by atoms with Crippen LogP contribution in [0.1, 0.15) is 6.42 Å². The van der Waals surface area contributed by atoms with Gasteiger partial charge in [0.25, 0.3) is 0 Å².